The molecule has 3 heteroatoms. The summed E-state index contributed by atoms with van der Waals surface area (Å²) in [6.07, 6.45) is 9.67. The van der Waals surface area contributed by atoms with Crippen molar-refractivity contribution in [3.05, 3.63) is 0 Å². The molecule has 0 aromatic carbocycles. The highest BCUT2D eigenvalue weighted by atomic mass is 16.1. The van der Waals surface area contributed by atoms with Gasteiger partial charge in [0.05, 0.1) is 0 Å². The third kappa shape index (κ3) is 2.83. The van der Waals surface area contributed by atoms with Gasteiger partial charge in [0, 0.05) is 37.0 Å². The standard InChI is InChI=1S/C30H46O3/c1-18(2)14-20(31)15-19(3)25-21(32)16-28(7)23-9-8-22-26(4,5)24(33)10-11-29(22)17-30(23,29)13-12-27(25,28)6/h18-19,22-23,25H,8-17H2,1-7H3/t19-,22+,23+,25+,27-,28+,29-,30+/m1/s1. The van der Waals surface area contributed by atoms with Crippen LogP contribution in [0, 0.1) is 56.7 Å². The van der Waals surface area contributed by atoms with Gasteiger partial charge in [-0.25, -0.2) is 0 Å². The number of hydrogen-bond donors (Lipinski definition) is 0. The Balaban J connectivity index is 1.44. The summed E-state index contributed by atoms with van der Waals surface area (Å²) in [5.74, 6) is 2.89. The van der Waals surface area contributed by atoms with E-state index in [1.165, 1.54) is 19.3 Å². The Kier molecular flexibility index (Phi) is 5.06. The van der Waals surface area contributed by atoms with Crippen LogP contribution < -0.4 is 0 Å². The van der Waals surface area contributed by atoms with Crippen LogP contribution in [0.15, 0.2) is 0 Å². The number of carbonyl (C=O) groups excluding carboxylic acids is 3. The molecule has 0 radical (unpaired) electrons. The van der Waals surface area contributed by atoms with Crippen molar-refractivity contribution in [2.75, 3.05) is 0 Å². The second kappa shape index (κ2) is 7.03. The van der Waals surface area contributed by atoms with Crippen molar-refractivity contribution in [2.45, 2.75) is 113 Å². The van der Waals surface area contributed by atoms with Crippen LogP contribution >= 0.6 is 0 Å². The summed E-state index contributed by atoms with van der Waals surface area (Å²) in [4.78, 5) is 39.2. The first-order chi connectivity index (χ1) is 15.3. The van der Waals surface area contributed by atoms with Gasteiger partial charge in [0.15, 0.2) is 0 Å². The summed E-state index contributed by atoms with van der Waals surface area (Å²) < 4.78 is 0. The van der Waals surface area contributed by atoms with E-state index < -0.39 is 0 Å². The molecule has 5 aliphatic rings. The predicted molar refractivity (Wildman–Crippen MR) is 131 cm³/mol. The number of ketones is 3. The fourth-order valence-electron chi connectivity index (χ4n) is 11.0. The maximum Gasteiger partial charge on any atom is 0.138 e. The molecule has 5 rings (SSSR count). The van der Waals surface area contributed by atoms with Crippen LogP contribution in [0.25, 0.3) is 0 Å². The summed E-state index contributed by atoms with van der Waals surface area (Å²) in [5.41, 5.74) is 0.538. The van der Waals surface area contributed by atoms with Crippen LogP contribution in [-0.2, 0) is 14.4 Å². The smallest absolute Gasteiger partial charge is 0.138 e. The SMILES string of the molecule is CC(C)CC(=O)C[C@@H](C)[C@H]1C(=O)C[C@@]2(C)[C@@H]3CC[C@H]4C(C)(C)C(=O)CC[C@@]45C[C@@]35CC[C@]12C. The number of hydrogen-bond acceptors (Lipinski definition) is 3. The number of fused-ring (bicyclic) bond motifs is 2. The van der Waals surface area contributed by atoms with Crippen molar-refractivity contribution in [1.82, 2.24) is 0 Å². The molecule has 0 saturated heterocycles. The highest BCUT2D eigenvalue weighted by Gasteiger charge is 2.82. The maximum absolute atomic E-state index is 13.7. The first-order valence-corrected chi connectivity index (χ1v) is 13.8. The summed E-state index contributed by atoms with van der Waals surface area (Å²) in [5, 5.41) is 0. The quantitative estimate of drug-likeness (QED) is 0.458. The Bertz CT molecular complexity index is 900. The van der Waals surface area contributed by atoms with Crippen LogP contribution in [0.2, 0.25) is 0 Å². The van der Waals surface area contributed by atoms with Crippen LogP contribution in [0.4, 0.5) is 0 Å². The van der Waals surface area contributed by atoms with Gasteiger partial charge < -0.3 is 0 Å². The average molecular weight is 455 g/mol. The molecule has 0 N–H and O–H groups in total. The fourth-order valence-corrected chi connectivity index (χ4v) is 11.0. The zero-order valence-electron chi connectivity index (χ0n) is 22.2. The molecular weight excluding hydrogens is 408 g/mol. The molecule has 0 bridgehead atoms. The molecule has 0 unspecified atom stereocenters. The first-order valence-electron chi connectivity index (χ1n) is 13.8. The van der Waals surface area contributed by atoms with Gasteiger partial charge in [-0.15, -0.1) is 0 Å². The molecule has 0 aliphatic heterocycles. The minimum absolute atomic E-state index is 0.00581. The van der Waals surface area contributed by atoms with E-state index in [0.717, 1.165) is 25.7 Å². The second-order valence-corrected chi connectivity index (χ2v) is 14.6. The molecule has 0 aromatic rings. The molecular formula is C30H46O3. The summed E-state index contributed by atoms with van der Waals surface area (Å²) in [7, 11) is 0. The van der Waals surface area contributed by atoms with E-state index in [9.17, 15) is 14.4 Å². The molecule has 33 heavy (non-hydrogen) atoms. The Labute approximate surface area is 201 Å². The minimum atomic E-state index is -0.187. The number of carbonyl (C=O) groups is 3. The Morgan fingerprint density at radius 3 is 2.18 bits per heavy atom. The monoisotopic (exact) mass is 454 g/mol. The van der Waals surface area contributed by atoms with Crippen LogP contribution in [0.1, 0.15) is 113 Å². The van der Waals surface area contributed by atoms with Gasteiger partial charge >= 0.3 is 0 Å². The zero-order valence-corrected chi connectivity index (χ0v) is 22.2. The largest absolute Gasteiger partial charge is 0.300 e. The third-order valence-electron chi connectivity index (χ3n) is 12.5. The number of rotatable bonds is 5. The van der Waals surface area contributed by atoms with Crippen LogP contribution in [0.3, 0.4) is 0 Å². The Morgan fingerprint density at radius 2 is 1.52 bits per heavy atom. The van der Waals surface area contributed by atoms with Gasteiger partial charge in [0.1, 0.15) is 17.3 Å². The van der Waals surface area contributed by atoms with E-state index in [0.29, 0.717) is 65.2 Å². The summed E-state index contributed by atoms with van der Waals surface area (Å²) in [6, 6.07) is 0. The highest BCUT2D eigenvalue weighted by Crippen LogP contribution is 2.88. The number of Topliss-reactive ketones (excluding diaryl/α,β-unsaturated/α-hetero) is 3. The lowest BCUT2D eigenvalue weighted by Crippen LogP contribution is -2.57. The molecule has 3 nitrogen and oxygen atoms in total. The lowest BCUT2D eigenvalue weighted by Gasteiger charge is -2.62. The van der Waals surface area contributed by atoms with Crippen LogP contribution in [0.5, 0.6) is 0 Å². The molecule has 5 fully saturated rings. The van der Waals surface area contributed by atoms with Crippen molar-refractivity contribution < 1.29 is 14.4 Å². The molecule has 5 aliphatic carbocycles. The highest BCUT2D eigenvalue weighted by molar-refractivity contribution is 5.88. The van der Waals surface area contributed by atoms with Crippen molar-refractivity contribution in [1.29, 1.82) is 0 Å². The van der Waals surface area contributed by atoms with E-state index in [1.807, 2.05) is 0 Å². The predicted octanol–water partition coefficient (Wildman–Crippen LogP) is 6.82. The van der Waals surface area contributed by atoms with E-state index in [1.54, 1.807) is 0 Å². The molecule has 2 spiro atoms. The van der Waals surface area contributed by atoms with Gasteiger partial charge in [-0.1, -0.05) is 48.5 Å². The van der Waals surface area contributed by atoms with Crippen LogP contribution in [-0.4, -0.2) is 17.3 Å². The van der Waals surface area contributed by atoms with Crippen molar-refractivity contribution in [2.24, 2.45) is 56.7 Å². The lowest BCUT2D eigenvalue weighted by molar-refractivity contribution is -0.157. The molecule has 0 heterocycles. The average Bonchev–Trinajstić information content (AvgIpc) is 3.30. The molecule has 5 saturated carbocycles. The van der Waals surface area contributed by atoms with Gasteiger partial charge in [-0.2, -0.15) is 0 Å². The Morgan fingerprint density at radius 1 is 0.879 bits per heavy atom. The van der Waals surface area contributed by atoms with E-state index in [2.05, 4.69) is 48.5 Å². The summed E-state index contributed by atoms with van der Waals surface area (Å²) >= 11 is 0. The second-order valence-electron chi connectivity index (χ2n) is 14.6. The summed E-state index contributed by atoms with van der Waals surface area (Å²) in [6.45, 7) is 15.7. The topological polar surface area (TPSA) is 51.2 Å². The fraction of sp³-hybridized carbons (Fsp3) is 0.900. The van der Waals surface area contributed by atoms with Gasteiger partial charge in [0.2, 0.25) is 0 Å². The molecule has 8 atom stereocenters. The zero-order chi connectivity index (χ0) is 24.2. The first kappa shape index (κ1) is 23.7. The van der Waals surface area contributed by atoms with E-state index >= 15 is 0 Å². The van der Waals surface area contributed by atoms with Gasteiger partial charge in [0.25, 0.3) is 0 Å². The maximum atomic E-state index is 13.7. The van der Waals surface area contributed by atoms with Gasteiger partial charge in [-0.05, 0) is 83.9 Å². The molecule has 184 valence electrons. The minimum Gasteiger partial charge on any atom is -0.300 e. The Hall–Kier alpha value is -0.990. The third-order valence-corrected chi connectivity index (χ3v) is 12.5. The lowest BCUT2D eigenvalue weighted by atomic mass is 9.42. The van der Waals surface area contributed by atoms with E-state index in [4.69, 9.17) is 0 Å². The van der Waals surface area contributed by atoms with Crippen molar-refractivity contribution in [3.63, 3.8) is 0 Å². The normalized spacial score (nSPS) is 48.5. The molecule has 0 amide bonds. The van der Waals surface area contributed by atoms with Gasteiger partial charge in [-0.3, -0.25) is 14.4 Å². The van der Waals surface area contributed by atoms with Crippen molar-refractivity contribution >= 4 is 17.3 Å². The van der Waals surface area contributed by atoms with Crippen molar-refractivity contribution in [3.8, 4) is 0 Å². The van der Waals surface area contributed by atoms with E-state index in [-0.39, 0.29) is 28.1 Å². The molecule has 0 aromatic heterocycles.